The zero-order valence-electron chi connectivity index (χ0n) is 12.2. The number of carbonyl (C=O) groups is 2. The average molecular weight is 317 g/mol. The molecular weight excluding hydrogens is 298 g/mol. The molecule has 0 bridgehead atoms. The van der Waals surface area contributed by atoms with Gasteiger partial charge in [0.25, 0.3) is 5.91 Å². The van der Waals surface area contributed by atoms with E-state index < -0.39 is 33.9 Å². The fourth-order valence-corrected chi connectivity index (χ4v) is 3.15. The zero-order chi connectivity index (χ0) is 16.4. The van der Waals surface area contributed by atoms with Crippen LogP contribution in [0.3, 0.4) is 0 Å². The highest BCUT2D eigenvalue weighted by Gasteiger charge is 2.29. The van der Waals surface area contributed by atoms with Gasteiger partial charge < -0.3 is 15.0 Å². The number of amides is 1. The number of aliphatic carboxylic acids is 1. The van der Waals surface area contributed by atoms with Crippen molar-refractivity contribution in [1.82, 2.24) is 14.6 Å². The molecule has 0 fully saturated rings. The minimum Gasteiger partial charge on any atom is -0.480 e. The molecule has 21 heavy (non-hydrogen) atoms. The smallest absolute Gasteiger partial charge is 0.322 e. The summed E-state index contributed by atoms with van der Waals surface area (Å²) in [7, 11) is -1.06. The Bertz CT molecular complexity index is 648. The van der Waals surface area contributed by atoms with E-state index in [-0.39, 0.29) is 10.6 Å². The van der Waals surface area contributed by atoms with Gasteiger partial charge in [0.05, 0.1) is 0 Å². The van der Waals surface area contributed by atoms with E-state index in [1.54, 1.807) is 13.8 Å². The first kappa shape index (κ1) is 17.2. The predicted octanol–water partition coefficient (Wildman–Crippen LogP) is -0.228. The van der Waals surface area contributed by atoms with Crippen LogP contribution in [-0.2, 0) is 21.9 Å². The standard InChI is InChI=1S/C12H19N3O5S/c1-7(2)10(12(17)18)14-21(19,20)8-5-9(11(16)13-3)15(4)6-8/h5-7,10,14H,1-4H3,(H,13,16)(H,17,18). The quantitative estimate of drug-likeness (QED) is 0.670. The maximum absolute atomic E-state index is 12.2. The Kier molecular flexibility index (Phi) is 5.13. The first-order valence-electron chi connectivity index (χ1n) is 6.23. The Balaban J connectivity index is 3.14. The van der Waals surface area contributed by atoms with Crippen molar-refractivity contribution in [1.29, 1.82) is 0 Å². The van der Waals surface area contributed by atoms with E-state index in [2.05, 4.69) is 10.0 Å². The van der Waals surface area contributed by atoms with Gasteiger partial charge in [-0.25, -0.2) is 8.42 Å². The highest BCUT2D eigenvalue weighted by atomic mass is 32.2. The van der Waals surface area contributed by atoms with E-state index in [4.69, 9.17) is 5.11 Å². The average Bonchev–Trinajstić information content (AvgIpc) is 2.77. The number of aromatic nitrogens is 1. The summed E-state index contributed by atoms with van der Waals surface area (Å²) in [6.07, 6.45) is 1.26. The van der Waals surface area contributed by atoms with E-state index >= 15 is 0 Å². The van der Waals surface area contributed by atoms with Gasteiger partial charge in [-0.2, -0.15) is 4.72 Å². The molecule has 0 aliphatic heterocycles. The first-order valence-corrected chi connectivity index (χ1v) is 7.72. The normalized spacial score (nSPS) is 13.2. The zero-order valence-corrected chi connectivity index (χ0v) is 13.1. The van der Waals surface area contributed by atoms with Gasteiger partial charge in [0, 0.05) is 20.3 Å². The van der Waals surface area contributed by atoms with E-state index in [0.717, 1.165) is 0 Å². The molecule has 1 aromatic heterocycles. The van der Waals surface area contributed by atoms with Gasteiger partial charge in [-0.15, -0.1) is 0 Å². The molecule has 1 heterocycles. The van der Waals surface area contributed by atoms with E-state index in [9.17, 15) is 18.0 Å². The van der Waals surface area contributed by atoms with E-state index in [0.29, 0.717) is 0 Å². The van der Waals surface area contributed by atoms with Crippen molar-refractivity contribution < 1.29 is 23.1 Å². The van der Waals surface area contributed by atoms with Crippen molar-refractivity contribution >= 4 is 21.9 Å². The Labute approximate surface area is 123 Å². The molecule has 8 nitrogen and oxygen atoms in total. The third-order valence-corrected chi connectivity index (χ3v) is 4.37. The number of aryl methyl sites for hydroxylation is 1. The van der Waals surface area contributed by atoms with Crippen LogP contribution in [0.25, 0.3) is 0 Å². The number of rotatable bonds is 6. The fourth-order valence-electron chi connectivity index (χ4n) is 1.74. The summed E-state index contributed by atoms with van der Waals surface area (Å²) < 4.78 is 27.9. The molecule has 0 saturated heterocycles. The summed E-state index contributed by atoms with van der Waals surface area (Å²) >= 11 is 0. The third kappa shape index (κ3) is 3.82. The van der Waals surface area contributed by atoms with Gasteiger partial charge in [-0.3, -0.25) is 9.59 Å². The number of nitrogens with zero attached hydrogens (tertiary/aromatic N) is 1. The lowest BCUT2D eigenvalue weighted by atomic mass is 10.1. The van der Waals surface area contributed by atoms with Crippen LogP contribution in [0.2, 0.25) is 0 Å². The number of hydrogen-bond acceptors (Lipinski definition) is 4. The Morgan fingerprint density at radius 2 is 1.90 bits per heavy atom. The molecule has 1 rings (SSSR count). The van der Waals surface area contributed by atoms with E-state index in [1.165, 1.54) is 30.9 Å². The minimum atomic E-state index is -4.02. The second-order valence-electron chi connectivity index (χ2n) is 4.93. The summed E-state index contributed by atoms with van der Waals surface area (Å²) in [5.41, 5.74) is 0.161. The second-order valence-corrected chi connectivity index (χ2v) is 6.65. The summed E-state index contributed by atoms with van der Waals surface area (Å²) in [5.74, 6) is -2.10. The molecule has 9 heteroatoms. The van der Waals surface area contributed by atoms with Crippen LogP contribution in [0.4, 0.5) is 0 Å². The van der Waals surface area contributed by atoms with Crippen LogP contribution in [-0.4, -0.2) is 43.1 Å². The summed E-state index contributed by atoms with van der Waals surface area (Å²) in [4.78, 5) is 22.5. The molecule has 1 amide bonds. The predicted molar refractivity (Wildman–Crippen MR) is 75.4 cm³/mol. The van der Waals surface area contributed by atoms with Crippen LogP contribution >= 0.6 is 0 Å². The molecule has 3 N–H and O–H groups in total. The number of hydrogen-bond donors (Lipinski definition) is 3. The van der Waals surface area contributed by atoms with Crippen LogP contribution in [0.1, 0.15) is 24.3 Å². The lowest BCUT2D eigenvalue weighted by Gasteiger charge is -2.17. The molecule has 0 aromatic carbocycles. The maximum Gasteiger partial charge on any atom is 0.322 e. The minimum absolute atomic E-state index is 0.157. The van der Waals surface area contributed by atoms with Gasteiger partial charge in [0.15, 0.2) is 0 Å². The number of carboxylic acid groups (broad SMARTS) is 1. The molecule has 1 unspecified atom stereocenters. The summed E-state index contributed by atoms with van der Waals surface area (Å²) in [6.45, 7) is 3.20. The van der Waals surface area contributed by atoms with Gasteiger partial charge in [-0.1, -0.05) is 13.8 Å². The number of carboxylic acids is 1. The maximum atomic E-state index is 12.2. The van der Waals surface area contributed by atoms with Crippen molar-refractivity contribution in [3.8, 4) is 0 Å². The number of sulfonamides is 1. The Hall–Kier alpha value is -1.87. The monoisotopic (exact) mass is 317 g/mol. The molecule has 0 aliphatic rings. The highest BCUT2D eigenvalue weighted by Crippen LogP contribution is 2.15. The molecule has 0 saturated carbocycles. The molecule has 118 valence electrons. The number of carbonyl (C=O) groups excluding carboxylic acids is 1. The Morgan fingerprint density at radius 3 is 2.33 bits per heavy atom. The van der Waals surface area contributed by atoms with Crippen LogP contribution in [0.5, 0.6) is 0 Å². The van der Waals surface area contributed by atoms with E-state index in [1.807, 2.05) is 0 Å². The molecule has 1 atom stereocenters. The van der Waals surface area contributed by atoms with Gasteiger partial charge >= 0.3 is 5.97 Å². The second kappa shape index (κ2) is 6.27. The first-order chi connectivity index (χ1) is 9.60. The topological polar surface area (TPSA) is 118 Å². The lowest BCUT2D eigenvalue weighted by molar-refractivity contribution is -0.140. The number of nitrogens with one attached hydrogen (secondary N) is 2. The van der Waals surface area contributed by atoms with Crippen molar-refractivity contribution in [2.45, 2.75) is 24.8 Å². The molecule has 0 spiro atoms. The van der Waals surface area contributed by atoms with Crippen LogP contribution < -0.4 is 10.0 Å². The van der Waals surface area contributed by atoms with Gasteiger partial charge in [0.2, 0.25) is 10.0 Å². The Morgan fingerprint density at radius 1 is 1.33 bits per heavy atom. The van der Waals surface area contributed by atoms with Crippen molar-refractivity contribution in [3.63, 3.8) is 0 Å². The van der Waals surface area contributed by atoms with Crippen molar-refractivity contribution in [2.24, 2.45) is 13.0 Å². The molecule has 0 radical (unpaired) electrons. The van der Waals surface area contributed by atoms with Gasteiger partial charge in [-0.05, 0) is 12.0 Å². The molecule has 0 aliphatic carbocycles. The third-order valence-electron chi connectivity index (χ3n) is 2.96. The lowest BCUT2D eigenvalue weighted by Crippen LogP contribution is -2.44. The van der Waals surface area contributed by atoms with Crippen LogP contribution in [0.15, 0.2) is 17.2 Å². The largest absolute Gasteiger partial charge is 0.480 e. The summed E-state index contributed by atoms with van der Waals surface area (Å²) in [6, 6.07) is -0.0425. The molecule has 1 aromatic rings. The fraction of sp³-hybridized carbons (Fsp3) is 0.500. The molecular formula is C12H19N3O5S. The SMILES string of the molecule is CNC(=O)c1cc(S(=O)(=O)NC(C(=O)O)C(C)C)cn1C. The van der Waals surface area contributed by atoms with Crippen LogP contribution in [0, 0.1) is 5.92 Å². The summed E-state index contributed by atoms with van der Waals surface area (Å²) in [5, 5.41) is 11.4. The van der Waals surface area contributed by atoms with Crippen molar-refractivity contribution in [2.75, 3.05) is 7.05 Å². The van der Waals surface area contributed by atoms with Gasteiger partial charge in [0.1, 0.15) is 16.6 Å². The highest BCUT2D eigenvalue weighted by molar-refractivity contribution is 7.89. The van der Waals surface area contributed by atoms with Crippen molar-refractivity contribution in [3.05, 3.63) is 18.0 Å².